The number of hydrogen-bond donors (Lipinski definition) is 1. The Bertz CT molecular complexity index is 611. The molecule has 2 rings (SSSR count). The summed E-state index contributed by atoms with van der Waals surface area (Å²) in [5.41, 5.74) is 0.462. The van der Waals surface area contributed by atoms with Crippen LogP contribution in [0.25, 0.3) is 10.9 Å². The molecule has 1 aromatic heterocycles. The number of ether oxygens (including phenoxy) is 1. The number of allylic oxidation sites excluding steroid dienone is 1. The first-order valence-electron chi connectivity index (χ1n) is 5.96. The molecule has 19 heavy (non-hydrogen) atoms. The van der Waals surface area contributed by atoms with Crippen molar-refractivity contribution in [3.8, 4) is 5.75 Å². The average Bonchev–Trinajstić information content (AvgIpc) is 2.43. The summed E-state index contributed by atoms with van der Waals surface area (Å²) >= 11 is 0. The van der Waals surface area contributed by atoms with Gasteiger partial charge in [-0.15, -0.1) is 16.8 Å². The van der Waals surface area contributed by atoms with Crippen LogP contribution in [0, 0.1) is 0 Å². The monoisotopic (exact) mass is 258 g/mol. The van der Waals surface area contributed by atoms with Crippen molar-refractivity contribution in [1.29, 1.82) is 0 Å². The third-order valence-electron chi connectivity index (χ3n) is 2.62. The summed E-state index contributed by atoms with van der Waals surface area (Å²) < 4.78 is 5.58. The van der Waals surface area contributed by atoms with Crippen LogP contribution in [0.2, 0.25) is 0 Å². The lowest BCUT2D eigenvalue weighted by atomic mass is 10.2. The summed E-state index contributed by atoms with van der Waals surface area (Å²) in [5.74, 6) is -0.862. The first-order valence-corrected chi connectivity index (χ1v) is 5.96. The second-order valence-corrected chi connectivity index (χ2v) is 3.98. The van der Waals surface area contributed by atoms with Gasteiger partial charge in [0.1, 0.15) is 0 Å². The van der Waals surface area contributed by atoms with E-state index in [1.165, 1.54) is 0 Å². The minimum Gasteiger partial charge on any atom is -0.490 e. The molecule has 0 spiro atoms. The zero-order valence-electron chi connectivity index (χ0n) is 10.4. The van der Waals surface area contributed by atoms with Crippen LogP contribution < -0.4 is 4.74 Å². The summed E-state index contributed by atoms with van der Waals surface area (Å²) in [6.07, 6.45) is 3.39. The number of fused-ring (bicyclic) bond motifs is 1. The zero-order valence-corrected chi connectivity index (χ0v) is 10.4. The molecule has 0 aliphatic rings. The van der Waals surface area contributed by atoms with Crippen molar-refractivity contribution in [1.82, 2.24) is 10.2 Å². The predicted octanol–water partition coefficient (Wildman–Crippen LogP) is 2.67. The highest BCUT2D eigenvalue weighted by Crippen LogP contribution is 2.26. The first kappa shape index (κ1) is 13.0. The molecule has 0 saturated carbocycles. The molecule has 5 nitrogen and oxygen atoms in total. The van der Waals surface area contributed by atoms with Crippen LogP contribution in [-0.2, 0) is 0 Å². The van der Waals surface area contributed by atoms with E-state index >= 15 is 0 Å². The van der Waals surface area contributed by atoms with E-state index < -0.39 is 5.97 Å². The maximum absolute atomic E-state index is 11.2. The molecule has 5 heteroatoms. The van der Waals surface area contributed by atoms with Crippen molar-refractivity contribution in [2.75, 3.05) is 6.61 Å². The maximum atomic E-state index is 11.2. The molecule has 0 saturated heterocycles. The van der Waals surface area contributed by atoms with E-state index in [1.807, 2.05) is 12.1 Å². The predicted molar refractivity (Wildman–Crippen MR) is 71.4 cm³/mol. The minimum absolute atomic E-state index is 0.155. The van der Waals surface area contributed by atoms with Gasteiger partial charge in [0.05, 0.1) is 12.1 Å². The highest BCUT2D eigenvalue weighted by Gasteiger charge is 2.17. The third-order valence-corrected chi connectivity index (χ3v) is 2.62. The average molecular weight is 258 g/mol. The van der Waals surface area contributed by atoms with E-state index in [4.69, 9.17) is 9.84 Å². The van der Waals surface area contributed by atoms with Crippen LogP contribution in [0.3, 0.4) is 0 Å². The van der Waals surface area contributed by atoms with Gasteiger partial charge in [0.2, 0.25) is 5.69 Å². The number of hydrogen-bond acceptors (Lipinski definition) is 4. The van der Waals surface area contributed by atoms with Crippen molar-refractivity contribution in [2.45, 2.75) is 12.8 Å². The van der Waals surface area contributed by atoms with Gasteiger partial charge in [0.25, 0.3) is 0 Å². The summed E-state index contributed by atoms with van der Waals surface area (Å²) in [7, 11) is 0. The summed E-state index contributed by atoms with van der Waals surface area (Å²) in [5, 5.41) is 17.4. The number of carboxylic acid groups (broad SMARTS) is 1. The lowest BCUT2D eigenvalue weighted by Crippen LogP contribution is -2.08. The molecule has 0 atom stereocenters. The van der Waals surface area contributed by atoms with Crippen molar-refractivity contribution >= 4 is 16.9 Å². The molecule has 0 radical (unpaired) electrons. The molecule has 0 amide bonds. The molecule has 0 fully saturated rings. The van der Waals surface area contributed by atoms with E-state index in [1.54, 1.807) is 18.2 Å². The van der Waals surface area contributed by atoms with Crippen molar-refractivity contribution in [3.63, 3.8) is 0 Å². The lowest BCUT2D eigenvalue weighted by molar-refractivity contribution is 0.0684. The molecule has 1 heterocycles. The second-order valence-electron chi connectivity index (χ2n) is 3.98. The van der Waals surface area contributed by atoms with Gasteiger partial charge in [-0.25, -0.2) is 4.79 Å². The summed E-state index contributed by atoms with van der Waals surface area (Å²) in [4.78, 5) is 11.2. The van der Waals surface area contributed by atoms with E-state index in [0.717, 1.165) is 12.8 Å². The van der Waals surface area contributed by atoms with Crippen LogP contribution in [-0.4, -0.2) is 27.9 Å². The fourth-order valence-corrected chi connectivity index (χ4v) is 1.72. The Labute approximate surface area is 110 Å². The Hall–Kier alpha value is -2.43. The fourth-order valence-electron chi connectivity index (χ4n) is 1.72. The zero-order chi connectivity index (χ0) is 13.7. The number of carbonyl (C=O) groups is 1. The molecule has 1 aromatic carbocycles. The summed E-state index contributed by atoms with van der Waals surface area (Å²) in [6.45, 7) is 4.05. The molecule has 0 bridgehead atoms. The van der Waals surface area contributed by atoms with Gasteiger partial charge in [-0.05, 0) is 25.0 Å². The van der Waals surface area contributed by atoms with Gasteiger partial charge >= 0.3 is 5.97 Å². The Kier molecular flexibility index (Phi) is 4.07. The Balaban J connectivity index is 2.38. The highest BCUT2D eigenvalue weighted by molar-refractivity contribution is 5.96. The molecule has 98 valence electrons. The summed E-state index contributed by atoms with van der Waals surface area (Å²) in [6, 6.07) is 7.18. The third kappa shape index (κ3) is 2.88. The van der Waals surface area contributed by atoms with Gasteiger partial charge < -0.3 is 9.84 Å². The van der Waals surface area contributed by atoms with Crippen LogP contribution >= 0.6 is 0 Å². The van der Waals surface area contributed by atoms with Crippen molar-refractivity contribution in [2.24, 2.45) is 0 Å². The molecule has 1 N–H and O–H groups in total. The number of benzene rings is 1. The number of carboxylic acids is 1. The van der Waals surface area contributed by atoms with E-state index in [0.29, 0.717) is 17.5 Å². The van der Waals surface area contributed by atoms with Gasteiger partial charge in [-0.2, -0.15) is 0 Å². The topological polar surface area (TPSA) is 72.3 Å². The standard InChI is InChI=1S/C14H14N2O3/c1-2-3-6-9-19-13-10-7-4-5-8-11(10)15-16-12(13)14(17)18/h2,4-5,7-8H,1,3,6,9H2,(H,17,18). The molecule has 0 aliphatic carbocycles. The lowest BCUT2D eigenvalue weighted by Gasteiger charge is -2.10. The van der Waals surface area contributed by atoms with Gasteiger partial charge in [0, 0.05) is 5.39 Å². The number of aromatic nitrogens is 2. The molecule has 0 aliphatic heterocycles. The van der Waals surface area contributed by atoms with Crippen molar-refractivity contribution in [3.05, 3.63) is 42.6 Å². The Morgan fingerprint density at radius 2 is 2.16 bits per heavy atom. The number of rotatable bonds is 6. The largest absolute Gasteiger partial charge is 0.490 e. The molecular weight excluding hydrogens is 244 g/mol. The van der Waals surface area contributed by atoms with Gasteiger partial charge in [-0.1, -0.05) is 18.2 Å². The SMILES string of the molecule is C=CCCCOc1c(C(=O)O)nnc2ccccc12. The first-order chi connectivity index (χ1) is 9.24. The Morgan fingerprint density at radius 3 is 2.89 bits per heavy atom. The maximum Gasteiger partial charge on any atom is 0.360 e. The number of nitrogens with zero attached hydrogens (tertiary/aromatic N) is 2. The van der Waals surface area contributed by atoms with Gasteiger partial charge in [0.15, 0.2) is 5.75 Å². The quantitative estimate of drug-likeness (QED) is 0.637. The number of aromatic carboxylic acids is 1. The second kappa shape index (κ2) is 5.95. The van der Waals surface area contributed by atoms with E-state index in [-0.39, 0.29) is 11.4 Å². The Morgan fingerprint density at radius 1 is 1.37 bits per heavy atom. The van der Waals surface area contributed by atoms with Crippen LogP contribution in [0.1, 0.15) is 23.3 Å². The molecule has 0 unspecified atom stereocenters. The van der Waals surface area contributed by atoms with Gasteiger partial charge in [-0.3, -0.25) is 0 Å². The minimum atomic E-state index is -1.14. The normalized spacial score (nSPS) is 10.3. The van der Waals surface area contributed by atoms with Crippen LogP contribution in [0.4, 0.5) is 0 Å². The fraction of sp³-hybridized carbons (Fsp3) is 0.214. The van der Waals surface area contributed by atoms with Crippen LogP contribution in [0.5, 0.6) is 5.75 Å². The van der Waals surface area contributed by atoms with E-state index in [2.05, 4.69) is 16.8 Å². The van der Waals surface area contributed by atoms with Crippen molar-refractivity contribution < 1.29 is 14.6 Å². The highest BCUT2D eigenvalue weighted by atomic mass is 16.5. The molecule has 2 aromatic rings. The molecular formula is C14H14N2O3. The van der Waals surface area contributed by atoms with Crippen LogP contribution in [0.15, 0.2) is 36.9 Å². The smallest absolute Gasteiger partial charge is 0.360 e. The van der Waals surface area contributed by atoms with E-state index in [9.17, 15) is 4.79 Å². The number of unbranched alkanes of at least 4 members (excludes halogenated alkanes) is 1.